The van der Waals surface area contributed by atoms with Gasteiger partial charge in [-0.1, -0.05) is 12.1 Å². The van der Waals surface area contributed by atoms with E-state index in [2.05, 4.69) is 4.90 Å². The smallest absolute Gasteiger partial charge is 0.295 e. The second-order valence-electron chi connectivity index (χ2n) is 8.46. The highest BCUT2D eigenvalue weighted by Crippen LogP contribution is 2.41. The Morgan fingerprint density at radius 3 is 2.29 bits per heavy atom. The third-order valence-electron chi connectivity index (χ3n) is 6.41. The summed E-state index contributed by atoms with van der Waals surface area (Å²) < 4.78 is 15.7. The number of likely N-dealkylation sites (tertiary alicyclic amines) is 1. The molecule has 1 unspecified atom stereocenters. The van der Waals surface area contributed by atoms with Crippen LogP contribution in [0.3, 0.4) is 0 Å². The Bertz CT molecular complexity index is 1110. The van der Waals surface area contributed by atoms with Crippen LogP contribution >= 0.6 is 0 Å². The Balaban J connectivity index is 1.70. The molecule has 2 aliphatic rings. The lowest BCUT2D eigenvalue weighted by molar-refractivity contribution is -0.140. The van der Waals surface area contributed by atoms with Gasteiger partial charge in [0.15, 0.2) is 0 Å². The van der Waals surface area contributed by atoms with Gasteiger partial charge in [0.25, 0.3) is 11.7 Å². The van der Waals surface area contributed by atoms with E-state index in [1.165, 1.54) is 24.1 Å². The van der Waals surface area contributed by atoms with E-state index in [0.29, 0.717) is 43.2 Å². The number of Topliss-reactive ketones (excluding diaryl/α,β-unsaturated/α-hetero) is 1. The molecule has 1 amide bonds. The zero-order chi connectivity index (χ0) is 24.9. The minimum Gasteiger partial charge on any atom is -0.507 e. The number of aliphatic hydroxyl groups is 1. The van der Waals surface area contributed by atoms with Crippen LogP contribution in [0.15, 0.2) is 48.0 Å². The largest absolute Gasteiger partial charge is 0.507 e. The fraction of sp³-hybridized carbons (Fsp3) is 0.385. The number of aliphatic hydroxyl groups excluding tert-OH is 1. The minimum absolute atomic E-state index is 0.0515. The predicted molar refractivity (Wildman–Crippen MR) is 129 cm³/mol. The van der Waals surface area contributed by atoms with Gasteiger partial charge in [-0.3, -0.25) is 14.5 Å². The third kappa shape index (κ3) is 5.11. The van der Waals surface area contributed by atoms with E-state index in [0.717, 1.165) is 19.6 Å². The number of hydrogen-bond donors (Lipinski definition) is 2. The van der Waals surface area contributed by atoms with Crippen LogP contribution in [0, 0.1) is 0 Å². The van der Waals surface area contributed by atoms with Crippen LogP contribution in [0.2, 0.25) is 0 Å². The minimum atomic E-state index is -0.799. The van der Waals surface area contributed by atoms with Gasteiger partial charge >= 0.3 is 0 Å². The predicted octanol–water partition coefficient (Wildman–Crippen LogP) is 2.55. The average molecular weight is 483 g/mol. The molecule has 0 aromatic heterocycles. The van der Waals surface area contributed by atoms with Crippen molar-refractivity contribution >= 4 is 17.4 Å². The molecule has 0 saturated carbocycles. The molecule has 2 aromatic carbocycles. The summed E-state index contributed by atoms with van der Waals surface area (Å²) in [5, 5.41) is 21.6. The van der Waals surface area contributed by atoms with Crippen LogP contribution in [0.4, 0.5) is 0 Å². The van der Waals surface area contributed by atoms with Crippen molar-refractivity contribution in [2.45, 2.75) is 12.5 Å². The number of nitrogens with zero attached hydrogens (tertiary/aromatic N) is 2. The fourth-order valence-corrected chi connectivity index (χ4v) is 4.52. The van der Waals surface area contributed by atoms with Crippen molar-refractivity contribution in [1.29, 1.82) is 0 Å². The van der Waals surface area contributed by atoms with Crippen molar-refractivity contribution in [2.75, 3.05) is 53.6 Å². The number of ketones is 1. The van der Waals surface area contributed by atoms with E-state index in [9.17, 15) is 19.8 Å². The highest BCUT2D eigenvalue weighted by Gasteiger charge is 2.46. The number of amides is 1. The maximum Gasteiger partial charge on any atom is 0.295 e. The monoisotopic (exact) mass is 482 g/mol. The first-order valence-corrected chi connectivity index (χ1v) is 11.5. The molecule has 0 spiro atoms. The lowest BCUT2D eigenvalue weighted by Gasteiger charge is -2.29. The Labute approximate surface area is 204 Å². The zero-order valence-electron chi connectivity index (χ0n) is 19.9. The molecule has 1 atom stereocenters. The van der Waals surface area contributed by atoms with Gasteiger partial charge in [0.2, 0.25) is 0 Å². The van der Waals surface area contributed by atoms with E-state index in [4.69, 9.17) is 14.2 Å². The molecule has 9 heteroatoms. The number of phenols is 1. The Morgan fingerprint density at radius 1 is 1.00 bits per heavy atom. The van der Waals surface area contributed by atoms with Gasteiger partial charge in [-0.2, -0.15) is 0 Å². The van der Waals surface area contributed by atoms with E-state index in [-0.39, 0.29) is 16.9 Å². The molecule has 2 aliphatic heterocycles. The second-order valence-corrected chi connectivity index (χ2v) is 8.46. The van der Waals surface area contributed by atoms with Crippen molar-refractivity contribution in [3.63, 3.8) is 0 Å². The molecule has 0 bridgehead atoms. The molecule has 0 aliphatic carbocycles. The highest BCUT2D eigenvalue weighted by atomic mass is 16.5. The van der Waals surface area contributed by atoms with E-state index >= 15 is 0 Å². The summed E-state index contributed by atoms with van der Waals surface area (Å²) in [6, 6.07) is 10.6. The van der Waals surface area contributed by atoms with Gasteiger partial charge < -0.3 is 29.3 Å². The Kier molecular flexibility index (Phi) is 7.57. The molecule has 186 valence electrons. The molecule has 2 saturated heterocycles. The van der Waals surface area contributed by atoms with Gasteiger partial charge in [0.05, 0.1) is 44.6 Å². The number of aromatic hydroxyl groups is 1. The quantitative estimate of drug-likeness (QED) is 0.336. The molecule has 35 heavy (non-hydrogen) atoms. The van der Waals surface area contributed by atoms with Crippen LogP contribution < -0.4 is 9.47 Å². The van der Waals surface area contributed by atoms with Gasteiger partial charge in [-0.15, -0.1) is 0 Å². The number of methoxy groups -OCH3 is 2. The normalized spacial score (nSPS) is 20.3. The summed E-state index contributed by atoms with van der Waals surface area (Å²) in [5.74, 6) is -1.12. The maximum atomic E-state index is 13.2. The van der Waals surface area contributed by atoms with Crippen LogP contribution in [-0.2, 0) is 14.3 Å². The summed E-state index contributed by atoms with van der Waals surface area (Å²) in [6.45, 7) is 4.13. The van der Waals surface area contributed by atoms with Crippen molar-refractivity contribution in [3.8, 4) is 17.2 Å². The number of rotatable bonds is 8. The number of carbonyl (C=O) groups excluding carboxylic acids is 2. The van der Waals surface area contributed by atoms with Crippen molar-refractivity contribution in [1.82, 2.24) is 9.80 Å². The van der Waals surface area contributed by atoms with Gasteiger partial charge in [0.1, 0.15) is 23.0 Å². The summed E-state index contributed by atoms with van der Waals surface area (Å²) >= 11 is 0. The first-order chi connectivity index (χ1) is 16.9. The third-order valence-corrected chi connectivity index (χ3v) is 6.41. The number of benzene rings is 2. The molecule has 9 nitrogen and oxygen atoms in total. The van der Waals surface area contributed by atoms with E-state index < -0.39 is 23.5 Å². The summed E-state index contributed by atoms with van der Waals surface area (Å²) in [6.07, 6.45) is 0.660. The van der Waals surface area contributed by atoms with Gasteiger partial charge in [-0.25, -0.2) is 0 Å². The average Bonchev–Trinajstić information content (AvgIpc) is 3.14. The topological polar surface area (TPSA) is 109 Å². The van der Waals surface area contributed by atoms with Crippen LogP contribution in [0.1, 0.15) is 23.6 Å². The molecular formula is C26H30N2O7. The second kappa shape index (κ2) is 10.8. The van der Waals surface area contributed by atoms with Crippen LogP contribution in [-0.4, -0.2) is 85.3 Å². The maximum absolute atomic E-state index is 13.2. The zero-order valence-corrected chi connectivity index (χ0v) is 19.9. The van der Waals surface area contributed by atoms with Crippen molar-refractivity contribution < 1.29 is 34.0 Å². The molecule has 2 fully saturated rings. The lowest BCUT2D eigenvalue weighted by Crippen LogP contribution is -2.38. The molecule has 2 heterocycles. The molecule has 4 rings (SSSR count). The highest BCUT2D eigenvalue weighted by molar-refractivity contribution is 6.46. The fourth-order valence-electron chi connectivity index (χ4n) is 4.52. The molecular weight excluding hydrogens is 452 g/mol. The Morgan fingerprint density at radius 2 is 1.66 bits per heavy atom. The van der Waals surface area contributed by atoms with Gasteiger partial charge in [-0.05, 0) is 36.2 Å². The number of carbonyl (C=O) groups is 2. The first-order valence-electron chi connectivity index (χ1n) is 11.5. The number of morpholine rings is 1. The Hall–Kier alpha value is -3.56. The molecule has 2 aromatic rings. The SMILES string of the molecule is COc1ccc(C2C(=C(O)c3ccc(OC)cc3O)C(=O)C(=O)N2CCCN2CCOCC2)cc1. The van der Waals surface area contributed by atoms with Crippen LogP contribution in [0.25, 0.3) is 5.76 Å². The number of hydrogen-bond acceptors (Lipinski definition) is 8. The van der Waals surface area contributed by atoms with Crippen molar-refractivity contribution in [2.24, 2.45) is 0 Å². The van der Waals surface area contributed by atoms with E-state index in [1.807, 2.05) is 0 Å². The molecule has 2 N–H and O–H groups in total. The number of ether oxygens (including phenoxy) is 3. The lowest BCUT2D eigenvalue weighted by atomic mass is 9.95. The van der Waals surface area contributed by atoms with Crippen molar-refractivity contribution in [3.05, 3.63) is 59.2 Å². The summed E-state index contributed by atoms with van der Waals surface area (Å²) in [5.41, 5.74) is 0.647. The van der Waals surface area contributed by atoms with Crippen LogP contribution in [0.5, 0.6) is 17.2 Å². The first kappa shape index (κ1) is 24.6. The summed E-state index contributed by atoms with van der Waals surface area (Å²) in [7, 11) is 3.01. The molecule has 0 radical (unpaired) electrons. The van der Waals surface area contributed by atoms with Gasteiger partial charge in [0, 0.05) is 32.2 Å². The summed E-state index contributed by atoms with van der Waals surface area (Å²) in [4.78, 5) is 30.0. The van der Waals surface area contributed by atoms with E-state index in [1.54, 1.807) is 37.4 Å². The number of phenolic OH excluding ortho intramolecular Hbond substituents is 1. The standard InChI is InChI=1S/C26H30N2O7/c1-33-18-6-4-17(5-7-18)23-22(24(30)20-9-8-19(34-2)16-21(20)29)25(31)26(32)28(23)11-3-10-27-12-14-35-15-13-27/h4-9,16,23,29-30H,3,10-15H2,1-2H3.